The molecule has 5 nitrogen and oxygen atoms in total. The van der Waals surface area contributed by atoms with E-state index in [0.717, 1.165) is 4.88 Å². The number of ether oxygens (including phenoxy) is 1. The molecule has 3 rings (SSSR count). The van der Waals surface area contributed by atoms with Crippen molar-refractivity contribution in [2.75, 3.05) is 13.2 Å². The van der Waals surface area contributed by atoms with Crippen molar-refractivity contribution in [3.05, 3.63) is 62.8 Å². The van der Waals surface area contributed by atoms with Crippen LogP contribution in [0.25, 0.3) is 5.76 Å². The van der Waals surface area contributed by atoms with E-state index in [-0.39, 0.29) is 17.4 Å². The first kappa shape index (κ1) is 20.6. The lowest BCUT2D eigenvalue weighted by Gasteiger charge is -2.24. The number of carbonyl (C=O) groups excluding carboxylic acids is 2. The molecule has 1 aliphatic rings. The zero-order valence-corrected chi connectivity index (χ0v) is 17.3. The number of nitrogens with zero attached hydrogens (tertiary/aromatic N) is 1. The normalized spacial score (nSPS) is 19.0. The molecule has 0 aliphatic carbocycles. The SMILES string of the molecule is CC(C)OCCCN1C(=O)C(=O)/C(=C(\O)c2cccc(Cl)c2)C1c1cccs1. The molecule has 1 saturated heterocycles. The van der Waals surface area contributed by atoms with E-state index in [2.05, 4.69) is 0 Å². The fraction of sp³-hybridized carbons (Fsp3) is 0.333. The highest BCUT2D eigenvalue weighted by Crippen LogP contribution is 2.41. The number of aliphatic hydroxyl groups is 1. The summed E-state index contributed by atoms with van der Waals surface area (Å²) in [6, 6.07) is 9.73. The summed E-state index contributed by atoms with van der Waals surface area (Å²) < 4.78 is 5.55. The largest absolute Gasteiger partial charge is 0.507 e. The molecule has 148 valence electrons. The Hall–Kier alpha value is -2.15. The molecule has 2 aromatic rings. The lowest BCUT2D eigenvalue weighted by molar-refractivity contribution is -0.140. The van der Waals surface area contributed by atoms with E-state index in [0.29, 0.717) is 30.2 Å². The predicted molar refractivity (Wildman–Crippen MR) is 110 cm³/mol. The first-order chi connectivity index (χ1) is 13.4. The Bertz CT molecular complexity index is 892. The number of hydrogen-bond donors (Lipinski definition) is 1. The molecule has 7 heteroatoms. The number of thiophene rings is 1. The maximum absolute atomic E-state index is 12.8. The van der Waals surface area contributed by atoms with E-state index in [9.17, 15) is 14.7 Å². The third kappa shape index (κ3) is 4.29. The second kappa shape index (κ2) is 8.90. The number of carbonyl (C=O) groups is 2. The van der Waals surface area contributed by atoms with Gasteiger partial charge in [-0.25, -0.2) is 0 Å². The Morgan fingerprint density at radius 1 is 1.29 bits per heavy atom. The van der Waals surface area contributed by atoms with Crippen LogP contribution in [0.2, 0.25) is 5.02 Å². The highest BCUT2D eigenvalue weighted by molar-refractivity contribution is 7.10. The van der Waals surface area contributed by atoms with Gasteiger partial charge in [0.2, 0.25) is 0 Å². The van der Waals surface area contributed by atoms with Gasteiger partial charge in [0, 0.05) is 28.6 Å². The van der Waals surface area contributed by atoms with Gasteiger partial charge in [-0.1, -0.05) is 29.8 Å². The third-order valence-electron chi connectivity index (χ3n) is 4.45. The van der Waals surface area contributed by atoms with Crippen LogP contribution in [0.15, 0.2) is 47.4 Å². The van der Waals surface area contributed by atoms with Crippen molar-refractivity contribution >= 4 is 40.4 Å². The van der Waals surface area contributed by atoms with Crippen molar-refractivity contribution in [1.29, 1.82) is 0 Å². The summed E-state index contributed by atoms with van der Waals surface area (Å²) in [5.74, 6) is -1.49. The van der Waals surface area contributed by atoms with Gasteiger partial charge in [0.25, 0.3) is 11.7 Å². The van der Waals surface area contributed by atoms with Crippen LogP contribution in [0.1, 0.15) is 36.8 Å². The number of likely N-dealkylation sites (tertiary alicyclic amines) is 1. The average molecular weight is 420 g/mol. The van der Waals surface area contributed by atoms with Gasteiger partial charge in [-0.05, 0) is 43.8 Å². The number of Topliss-reactive ketones (excluding diaryl/α,β-unsaturated/α-hetero) is 1. The standard InChI is InChI=1S/C21H22ClNO4S/c1-13(2)27-10-5-9-23-18(16-8-4-11-28-16)17(20(25)21(23)26)19(24)14-6-3-7-15(22)12-14/h3-4,6-8,11-13,18,24H,5,9-10H2,1-2H3/b19-17-. The number of rotatable bonds is 7. The molecule has 1 fully saturated rings. The molecule has 1 aliphatic heterocycles. The van der Waals surface area contributed by atoms with E-state index in [1.165, 1.54) is 16.2 Å². The highest BCUT2D eigenvalue weighted by atomic mass is 35.5. The number of ketones is 1. The minimum atomic E-state index is -0.680. The van der Waals surface area contributed by atoms with Gasteiger partial charge >= 0.3 is 0 Å². The zero-order valence-electron chi connectivity index (χ0n) is 15.7. The summed E-state index contributed by atoms with van der Waals surface area (Å²) in [5.41, 5.74) is 0.509. The molecule has 1 aromatic carbocycles. The van der Waals surface area contributed by atoms with Crippen LogP contribution < -0.4 is 0 Å². The minimum Gasteiger partial charge on any atom is -0.507 e. The molecule has 2 heterocycles. The van der Waals surface area contributed by atoms with Gasteiger partial charge in [0.05, 0.1) is 17.7 Å². The summed E-state index contributed by atoms with van der Waals surface area (Å²) in [4.78, 5) is 27.9. The number of benzene rings is 1. The van der Waals surface area contributed by atoms with Crippen molar-refractivity contribution in [2.24, 2.45) is 0 Å². The van der Waals surface area contributed by atoms with Gasteiger partial charge in [0.1, 0.15) is 5.76 Å². The molecule has 1 N–H and O–H groups in total. The topological polar surface area (TPSA) is 66.8 Å². The van der Waals surface area contributed by atoms with Crippen LogP contribution in [0.5, 0.6) is 0 Å². The summed E-state index contributed by atoms with van der Waals surface area (Å²) in [6.45, 7) is 4.75. The monoisotopic (exact) mass is 419 g/mol. The molecule has 0 saturated carbocycles. The van der Waals surface area contributed by atoms with Crippen LogP contribution in [0, 0.1) is 0 Å². The fourth-order valence-corrected chi connectivity index (χ4v) is 4.23. The molecule has 0 bridgehead atoms. The van der Waals surface area contributed by atoms with Crippen molar-refractivity contribution in [3.8, 4) is 0 Å². The summed E-state index contributed by atoms with van der Waals surface area (Å²) in [6.07, 6.45) is 0.705. The fourth-order valence-electron chi connectivity index (χ4n) is 3.20. The van der Waals surface area contributed by atoms with Crippen molar-refractivity contribution in [3.63, 3.8) is 0 Å². The van der Waals surface area contributed by atoms with Gasteiger partial charge in [-0.2, -0.15) is 0 Å². The van der Waals surface area contributed by atoms with E-state index in [1.54, 1.807) is 24.3 Å². The summed E-state index contributed by atoms with van der Waals surface area (Å²) in [7, 11) is 0. The first-order valence-corrected chi connectivity index (χ1v) is 10.3. The summed E-state index contributed by atoms with van der Waals surface area (Å²) in [5, 5.41) is 13.2. The lowest BCUT2D eigenvalue weighted by atomic mass is 10.00. The van der Waals surface area contributed by atoms with Gasteiger partial charge in [0.15, 0.2) is 0 Å². The van der Waals surface area contributed by atoms with Crippen molar-refractivity contribution in [2.45, 2.75) is 32.4 Å². The number of hydrogen-bond acceptors (Lipinski definition) is 5. The Kier molecular flexibility index (Phi) is 6.54. The van der Waals surface area contributed by atoms with E-state index in [1.807, 2.05) is 31.4 Å². The van der Waals surface area contributed by atoms with E-state index in [4.69, 9.17) is 16.3 Å². The van der Waals surface area contributed by atoms with Crippen LogP contribution in [-0.4, -0.2) is 41.0 Å². The first-order valence-electron chi connectivity index (χ1n) is 9.09. The summed E-state index contributed by atoms with van der Waals surface area (Å²) >= 11 is 7.47. The van der Waals surface area contributed by atoms with E-state index >= 15 is 0 Å². The third-order valence-corrected chi connectivity index (χ3v) is 5.61. The maximum Gasteiger partial charge on any atom is 0.295 e. The molecule has 0 spiro atoms. The number of amides is 1. The Morgan fingerprint density at radius 3 is 2.71 bits per heavy atom. The lowest BCUT2D eigenvalue weighted by Crippen LogP contribution is -2.31. The second-order valence-electron chi connectivity index (χ2n) is 6.79. The quantitative estimate of drug-likeness (QED) is 0.307. The number of aliphatic hydroxyl groups excluding tert-OH is 1. The molecular formula is C21H22ClNO4S. The smallest absolute Gasteiger partial charge is 0.295 e. The van der Waals surface area contributed by atoms with Crippen LogP contribution in [0.4, 0.5) is 0 Å². The van der Waals surface area contributed by atoms with Gasteiger partial charge in [-0.3, -0.25) is 9.59 Å². The molecule has 1 unspecified atom stereocenters. The molecule has 1 aromatic heterocycles. The van der Waals surface area contributed by atoms with Crippen LogP contribution >= 0.6 is 22.9 Å². The molecule has 1 amide bonds. The van der Waals surface area contributed by atoms with Gasteiger partial charge < -0.3 is 14.7 Å². The molecule has 1 atom stereocenters. The highest BCUT2D eigenvalue weighted by Gasteiger charge is 2.46. The van der Waals surface area contributed by atoms with Crippen molar-refractivity contribution in [1.82, 2.24) is 4.90 Å². The zero-order chi connectivity index (χ0) is 20.3. The van der Waals surface area contributed by atoms with Crippen LogP contribution in [-0.2, 0) is 14.3 Å². The Morgan fingerprint density at radius 2 is 2.07 bits per heavy atom. The predicted octanol–water partition coefficient (Wildman–Crippen LogP) is 4.64. The Labute approximate surface area is 173 Å². The van der Waals surface area contributed by atoms with Crippen LogP contribution in [0.3, 0.4) is 0 Å². The maximum atomic E-state index is 12.8. The minimum absolute atomic E-state index is 0.0968. The van der Waals surface area contributed by atoms with Gasteiger partial charge in [-0.15, -0.1) is 11.3 Å². The molecule has 28 heavy (non-hydrogen) atoms. The van der Waals surface area contributed by atoms with Crippen molar-refractivity contribution < 1.29 is 19.4 Å². The second-order valence-corrected chi connectivity index (χ2v) is 8.21. The molecular weight excluding hydrogens is 398 g/mol. The molecule has 0 radical (unpaired) electrons. The Balaban J connectivity index is 1.98. The average Bonchev–Trinajstić information content (AvgIpc) is 3.26. The number of halogens is 1. The van der Waals surface area contributed by atoms with E-state index < -0.39 is 17.7 Å².